The molecule has 0 atom stereocenters. The van der Waals surface area contributed by atoms with E-state index in [0.717, 1.165) is 12.2 Å². The molecular formula is C20H16O. The number of benzene rings is 3. The maximum Gasteiger partial charge on any atom is 0.118 e. The molecule has 1 aliphatic rings. The standard InChI is InChI=1S/C20H16O/c1-21-18-10-8-14(9-11-18)12-17-13-16-6-2-4-15-5-3-7-19(17)20(15)16/h2-12H,13H2,1H3/b17-12-. The van der Waals surface area contributed by atoms with Crippen molar-refractivity contribution in [2.45, 2.75) is 6.42 Å². The van der Waals surface area contributed by atoms with Crippen LogP contribution in [0.2, 0.25) is 0 Å². The van der Waals surface area contributed by atoms with E-state index in [-0.39, 0.29) is 0 Å². The van der Waals surface area contributed by atoms with E-state index in [9.17, 15) is 0 Å². The lowest BCUT2D eigenvalue weighted by molar-refractivity contribution is 0.415. The zero-order valence-electron chi connectivity index (χ0n) is 12.0. The first-order valence-electron chi connectivity index (χ1n) is 7.21. The summed E-state index contributed by atoms with van der Waals surface area (Å²) in [6.07, 6.45) is 3.30. The summed E-state index contributed by atoms with van der Waals surface area (Å²) in [5.74, 6) is 0.897. The molecule has 1 aliphatic carbocycles. The Kier molecular flexibility index (Phi) is 2.78. The van der Waals surface area contributed by atoms with Gasteiger partial charge in [0.2, 0.25) is 0 Å². The molecule has 21 heavy (non-hydrogen) atoms. The minimum atomic E-state index is 0.897. The number of hydrogen-bond acceptors (Lipinski definition) is 1. The second kappa shape index (κ2) is 4.78. The normalized spacial score (nSPS) is 14.8. The van der Waals surface area contributed by atoms with Crippen LogP contribution in [0.15, 0.2) is 60.7 Å². The second-order valence-corrected chi connectivity index (χ2v) is 5.44. The summed E-state index contributed by atoms with van der Waals surface area (Å²) in [5, 5.41) is 2.75. The van der Waals surface area contributed by atoms with Crippen LogP contribution >= 0.6 is 0 Å². The molecule has 1 nitrogen and oxygen atoms in total. The monoisotopic (exact) mass is 272 g/mol. The Bertz CT molecular complexity index is 836. The zero-order chi connectivity index (χ0) is 14.2. The molecule has 3 aromatic carbocycles. The van der Waals surface area contributed by atoms with Crippen molar-refractivity contribution in [3.8, 4) is 5.75 Å². The first kappa shape index (κ1) is 12.2. The van der Waals surface area contributed by atoms with Gasteiger partial charge in [-0.2, -0.15) is 0 Å². The van der Waals surface area contributed by atoms with Crippen LogP contribution in [0.3, 0.4) is 0 Å². The van der Waals surface area contributed by atoms with Gasteiger partial charge in [0.05, 0.1) is 7.11 Å². The Balaban J connectivity index is 1.81. The second-order valence-electron chi connectivity index (χ2n) is 5.44. The van der Waals surface area contributed by atoms with Crippen molar-refractivity contribution in [3.05, 3.63) is 77.4 Å². The molecule has 0 heterocycles. The molecule has 0 amide bonds. The molecule has 102 valence electrons. The van der Waals surface area contributed by atoms with Crippen molar-refractivity contribution < 1.29 is 4.74 Å². The minimum absolute atomic E-state index is 0.897. The molecule has 0 spiro atoms. The number of methoxy groups -OCH3 is 1. The van der Waals surface area contributed by atoms with Gasteiger partial charge in [0.25, 0.3) is 0 Å². The molecular weight excluding hydrogens is 256 g/mol. The van der Waals surface area contributed by atoms with Crippen LogP contribution in [0.4, 0.5) is 0 Å². The summed E-state index contributed by atoms with van der Waals surface area (Å²) >= 11 is 0. The van der Waals surface area contributed by atoms with Crippen molar-refractivity contribution in [2.75, 3.05) is 7.11 Å². The zero-order valence-corrected chi connectivity index (χ0v) is 12.0. The average Bonchev–Trinajstić information content (AvgIpc) is 2.89. The highest BCUT2D eigenvalue weighted by Gasteiger charge is 2.17. The average molecular weight is 272 g/mol. The minimum Gasteiger partial charge on any atom is -0.497 e. The van der Waals surface area contributed by atoms with E-state index < -0.39 is 0 Å². The van der Waals surface area contributed by atoms with Gasteiger partial charge in [-0.25, -0.2) is 0 Å². The van der Waals surface area contributed by atoms with E-state index in [1.165, 1.54) is 33.0 Å². The third-order valence-corrected chi connectivity index (χ3v) is 4.17. The highest BCUT2D eigenvalue weighted by molar-refractivity contribution is 6.04. The van der Waals surface area contributed by atoms with E-state index in [1.54, 1.807) is 7.11 Å². The molecule has 3 aromatic rings. The maximum atomic E-state index is 5.22. The van der Waals surface area contributed by atoms with Crippen LogP contribution in [0.1, 0.15) is 16.7 Å². The van der Waals surface area contributed by atoms with Gasteiger partial charge in [-0.3, -0.25) is 0 Å². The van der Waals surface area contributed by atoms with Crippen LogP contribution in [0, 0.1) is 0 Å². The van der Waals surface area contributed by atoms with Gasteiger partial charge in [0, 0.05) is 0 Å². The van der Waals surface area contributed by atoms with E-state index in [0.29, 0.717) is 0 Å². The Morgan fingerprint density at radius 3 is 2.43 bits per heavy atom. The molecule has 0 unspecified atom stereocenters. The van der Waals surface area contributed by atoms with Gasteiger partial charge in [0.15, 0.2) is 0 Å². The molecule has 4 rings (SSSR count). The molecule has 0 aromatic heterocycles. The molecule has 1 heteroatoms. The lowest BCUT2D eigenvalue weighted by atomic mass is 10.0. The topological polar surface area (TPSA) is 9.23 Å². The number of rotatable bonds is 2. The van der Waals surface area contributed by atoms with E-state index in [1.807, 2.05) is 12.1 Å². The summed E-state index contributed by atoms with van der Waals surface area (Å²) in [4.78, 5) is 0. The summed E-state index contributed by atoms with van der Waals surface area (Å²) in [7, 11) is 1.70. The first-order valence-corrected chi connectivity index (χ1v) is 7.21. The molecule has 0 bridgehead atoms. The first-order chi connectivity index (χ1) is 10.3. The fourth-order valence-electron chi connectivity index (χ4n) is 3.16. The van der Waals surface area contributed by atoms with Crippen LogP contribution < -0.4 is 4.74 Å². The molecule has 0 saturated carbocycles. The van der Waals surface area contributed by atoms with Crippen LogP contribution in [0.25, 0.3) is 22.4 Å². The highest BCUT2D eigenvalue weighted by Crippen LogP contribution is 2.38. The highest BCUT2D eigenvalue weighted by atomic mass is 16.5. The SMILES string of the molecule is COc1ccc(/C=C2/Cc3cccc4cccc2c34)cc1. The lowest BCUT2D eigenvalue weighted by Gasteiger charge is -2.03. The fraction of sp³-hybridized carbons (Fsp3) is 0.100. The Morgan fingerprint density at radius 2 is 1.67 bits per heavy atom. The van der Waals surface area contributed by atoms with Gasteiger partial charge in [-0.1, -0.05) is 54.6 Å². The molecule has 0 radical (unpaired) electrons. The van der Waals surface area contributed by atoms with Crippen LogP contribution in [-0.2, 0) is 6.42 Å². The predicted molar refractivity (Wildman–Crippen MR) is 88.5 cm³/mol. The number of ether oxygens (including phenoxy) is 1. The maximum absolute atomic E-state index is 5.22. The largest absolute Gasteiger partial charge is 0.497 e. The summed E-state index contributed by atoms with van der Waals surface area (Å²) in [6, 6.07) is 21.4. The Morgan fingerprint density at radius 1 is 0.905 bits per heavy atom. The van der Waals surface area contributed by atoms with Crippen LogP contribution in [-0.4, -0.2) is 7.11 Å². The fourth-order valence-corrected chi connectivity index (χ4v) is 3.16. The quantitative estimate of drug-likeness (QED) is 0.641. The number of hydrogen-bond donors (Lipinski definition) is 0. The molecule has 0 aliphatic heterocycles. The van der Waals surface area contributed by atoms with Crippen LogP contribution in [0.5, 0.6) is 5.75 Å². The molecule has 0 N–H and O–H groups in total. The lowest BCUT2D eigenvalue weighted by Crippen LogP contribution is -1.83. The van der Waals surface area contributed by atoms with E-state index in [2.05, 4.69) is 54.6 Å². The van der Waals surface area contributed by atoms with Gasteiger partial charge < -0.3 is 4.74 Å². The van der Waals surface area contributed by atoms with Gasteiger partial charge in [0.1, 0.15) is 5.75 Å². The van der Waals surface area contributed by atoms with Gasteiger partial charge >= 0.3 is 0 Å². The predicted octanol–water partition coefficient (Wildman–Crippen LogP) is 4.95. The molecule has 0 fully saturated rings. The summed E-state index contributed by atoms with van der Waals surface area (Å²) in [6.45, 7) is 0. The van der Waals surface area contributed by atoms with Crippen molar-refractivity contribution in [1.29, 1.82) is 0 Å². The summed E-state index contributed by atoms with van der Waals surface area (Å²) < 4.78 is 5.22. The van der Waals surface area contributed by atoms with Crippen molar-refractivity contribution in [3.63, 3.8) is 0 Å². The van der Waals surface area contributed by atoms with E-state index in [4.69, 9.17) is 4.74 Å². The Labute approximate surface area is 124 Å². The molecule has 0 saturated heterocycles. The Hall–Kier alpha value is -2.54. The van der Waals surface area contributed by atoms with Crippen molar-refractivity contribution in [2.24, 2.45) is 0 Å². The summed E-state index contributed by atoms with van der Waals surface area (Å²) in [5.41, 5.74) is 5.42. The smallest absolute Gasteiger partial charge is 0.118 e. The van der Waals surface area contributed by atoms with Gasteiger partial charge in [-0.05, 0) is 51.6 Å². The third-order valence-electron chi connectivity index (χ3n) is 4.17. The third kappa shape index (κ3) is 2.02. The van der Waals surface area contributed by atoms with E-state index >= 15 is 0 Å². The van der Waals surface area contributed by atoms with Crippen molar-refractivity contribution in [1.82, 2.24) is 0 Å². The van der Waals surface area contributed by atoms with Gasteiger partial charge in [-0.15, -0.1) is 0 Å². The number of allylic oxidation sites excluding steroid dienone is 1. The van der Waals surface area contributed by atoms with Crippen molar-refractivity contribution >= 4 is 22.4 Å².